The van der Waals surface area contributed by atoms with Crippen LogP contribution in [0.2, 0.25) is 0 Å². The van der Waals surface area contributed by atoms with Crippen molar-refractivity contribution >= 4 is 27.5 Å². The van der Waals surface area contributed by atoms with Gasteiger partial charge in [-0.2, -0.15) is 0 Å². The third-order valence-electron chi connectivity index (χ3n) is 6.89. The van der Waals surface area contributed by atoms with Gasteiger partial charge in [-0.25, -0.2) is 4.79 Å². The lowest BCUT2D eigenvalue weighted by Gasteiger charge is -2.30. The number of carbonyl (C=O) groups is 1. The van der Waals surface area contributed by atoms with Crippen molar-refractivity contribution in [1.82, 2.24) is 5.32 Å². The van der Waals surface area contributed by atoms with E-state index >= 15 is 0 Å². The number of carbonyl (C=O) groups excluding carboxylic acids is 1. The molecule has 33 heavy (non-hydrogen) atoms. The van der Waals surface area contributed by atoms with Gasteiger partial charge in [0.2, 0.25) is 0 Å². The zero-order valence-electron chi connectivity index (χ0n) is 19.1. The van der Waals surface area contributed by atoms with Crippen molar-refractivity contribution in [2.45, 2.75) is 44.6 Å². The van der Waals surface area contributed by atoms with Gasteiger partial charge in [-0.1, -0.05) is 79.8 Å². The molecule has 0 radical (unpaired) electrons. The van der Waals surface area contributed by atoms with Gasteiger partial charge in [-0.05, 0) is 59.8 Å². The molecule has 3 aromatic rings. The maximum absolute atomic E-state index is 12.4. The van der Waals surface area contributed by atoms with Crippen LogP contribution >= 0.6 is 0 Å². The fraction of sp³-hybridized carbons (Fsp3) is 0.300. The third kappa shape index (κ3) is 4.19. The molecule has 0 spiro atoms. The van der Waals surface area contributed by atoms with Crippen LogP contribution < -0.4 is 5.32 Å². The molecular weight excluding hydrogens is 406 g/mol. The number of esters is 1. The summed E-state index contributed by atoms with van der Waals surface area (Å²) in [5, 5.41) is 8.26. The highest BCUT2D eigenvalue weighted by Gasteiger charge is 2.42. The SMILES string of the molecule is CC[C@@]12CCCCCNC/C=C(/C#Cc3cc4ccccc4c4ccccc34)C1=CC(=O)O2. The molecule has 0 amide bonds. The molecule has 0 aliphatic carbocycles. The molecule has 5 rings (SSSR count). The molecule has 0 saturated heterocycles. The predicted octanol–water partition coefficient (Wildman–Crippen LogP) is 6.07. The van der Waals surface area contributed by atoms with Crippen LogP contribution in [0, 0.1) is 11.8 Å². The second kappa shape index (κ2) is 9.25. The standard InChI is InChI=1S/C30H29NO2/c1-2-30-17-8-3-9-18-31-19-16-22(28(30)21-29(32)33-30)14-15-24-20-23-10-4-5-11-25(23)27-13-7-6-12-26(24)27/h4-7,10-13,16,20-21,31H,2-3,8-9,17-19H2,1H3/b22-16-/t30-/m1/s1. The summed E-state index contributed by atoms with van der Waals surface area (Å²) in [4.78, 5) is 12.4. The zero-order valence-corrected chi connectivity index (χ0v) is 19.1. The Kier molecular flexibility index (Phi) is 6.03. The lowest BCUT2D eigenvalue weighted by molar-refractivity contribution is -0.146. The summed E-state index contributed by atoms with van der Waals surface area (Å²) in [6.45, 7) is 3.82. The Hall–Kier alpha value is -3.35. The van der Waals surface area contributed by atoms with Gasteiger partial charge in [0, 0.05) is 29.3 Å². The van der Waals surface area contributed by atoms with Gasteiger partial charge >= 0.3 is 5.97 Å². The number of hydrogen-bond acceptors (Lipinski definition) is 3. The van der Waals surface area contributed by atoms with E-state index in [9.17, 15) is 4.79 Å². The summed E-state index contributed by atoms with van der Waals surface area (Å²) in [6, 6.07) is 19.0. The molecule has 3 nitrogen and oxygen atoms in total. The highest BCUT2D eigenvalue weighted by molar-refractivity contribution is 6.09. The van der Waals surface area contributed by atoms with Crippen LogP contribution in [0.25, 0.3) is 21.5 Å². The van der Waals surface area contributed by atoms with E-state index in [2.05, 4.69) is 84.8 Å². The van der Waals surface area contributed by atoms with Crippen LogP contribution in [0.4, 0.5) is 0 Å². The molecule has 0 unspecified atom stereocenters. The average molecular weight is 436 g/mol. The van der Waals surface area contributed by atoms with E-state index in [1.807, 2.05) is 0 Å². The Morgan fingerprint density at radius 1 is 0.970 bits per heavy atom. The van der Waals surface area contributed by atoms with Crippen molar-refractivity contribution in [1.29, 1.82) is 0 Å². The quantitative estimate of drug-likeness (QED) is 0.287. The average Bonchev–Trinajstić information content (AvgIpc) is 3.17. The molecule has 1 atom stereocenters. The van der Waals surface area contributed by atoms with Gasteiger partial charge in [0.05, 0.1) is 0 Å². The number of hydrogen-bond donors (Lipinski definition) is 1. The molecule has 2 heterocycles. The molecule has 3 aromatic carbocycles. The normalized spacial score (nSPS) is 22.9. The highest BCUT2D eigenvalue weighted by atomic mass is 16.6. The molecular formula is C30H29NO2. The fourth-order valence-electron chi connectivity index (χ4n) is 5.11. The summed E-state index contributed by atoms with van der Waals surface area (Å²) < 4.78 is 5.92. The second-order valence-electron chi connectivity index (χ2n) is 8.90. The van der Waals surface area contributed by atoms with Gasteiger partial charge in [0.25, 0.3) is 0 Å². The zero-order chi connectivity index (χ0) is 22.7. The maximum Gasteiger partial charge on any atom is 0.332 e. The van der Waals surface area contributed by atoms with E-state index in [1.54, 1.807) is 6.08 Å². The maximum atomic E-state index is 12.4. The Balaban J connectivity index is 1.63. The van der Waals surface area contributed by atoms with Gasteiger partial charge < -0.3 is 10.1 Å². The summed E-state index contributed by atoms with van der Waals surface area (Å²) in [5.74, 6) is 6.67. The smallest absolute Gasteiger partial charge is 0.332 e. The van der Waals surface area contributed by atoms with Crippen molar-refractivity contribution in [2.75, 3.05) is 13.1 Å². The van der Waals surface area contributed by atoms with Gasteiger partial charge in [0.15, 0.2) is 0 Å². The summed E-state index contributed by atoms with van der Waals surface area (Å²) in [6.07, 6.45) is 8.69. The van der Waals surface area contributed by atoms with Crippen LogP contribution in [-0.4, -0.2) is 24.7 Å². The van der Waals surface area contributed by atoms with Crippen molar-refractivity contribution in [3.63, 3.8) is 0 Å². The molecule has 166 valence electrons. The molecule has 0 saturated carbocycles. The van der Waals surface area contributed by atoms with Gasteiger partial charge in [-0.15, -0.1) is 0 Å². The van der Waals surface area contributed by atoms with Gasteiger partial charge in [-0.3, -0.25) is 0 Å². The minimum Gasteiger partial charge on any atom is -0.451 e. The van der Waals surface area contributed by atoms with E-state index in [-0.39, 0.29) is 5.97 Å². The Bertz CT molecular complexity index is 1340. The third-order valence-corrected chi connectivity index (χ3v) is 6.89. The van der Waals surface area contributed by atoms with E-state index in [1.165, 1.54) is 16.2 Å². The minimum atomic E-state index is -0.562. The molecule has 0 fully saturated rings. The van der Waals surface area contributed by atoms with Crippen LogP contribution in [0.3, 0.4) is 0 Å². The summed E-state index contributed by atoms with van der Waals surface area (Å²) >= 11 is 0. The molecule has 0 aromatic heterocycles. The first-order valence-corrected chi connectivity index (χ1v) is 12.0. The van der Waals surface area contributed by atoms with Crippen molar-refractivity contribution in [3.8, 4) is 11.8 Å². The van der Waals surface area contributed by atoms with Gasteiger partial charge in [0.1, 0.15) is 5.60 Å². The molecule has 2 aliphatic rings. The first kappa shape index (κ1) is 21.5. The number of fused-ring (bicyclic) bond motifs is 4. The lowest BCUT2D eigenvalue weighted by atomic mass is 9.82. The van der Waals surface area contributed by atoms with E-state index < -0.39 is 5.60 Å². The Morgan fingerprint density at radius 3 is 2.61 bits per heavy atom. The first-order chi connectivity index (χ1) is 16.2. The van der Waals surface area contributed by atoms with Crippen molar-refractivity contribution in [2.24, 2.45) is 0 Å². The molecule has 3 heteroatoms. The number of benzene rings is 3. The van der Waals surface area contributed by atoms with Crippen LogP contribution in [0.1, 0.15) is 44.6 Å². The van der Waals surface area contributed by atoms with Crippen molar-refractivity contribution < 1.29 is 9.53 Å². The Morgan fingerprint density at radius 2 is 1.76 bits per heavy atom. The van der Waals surface area contributed by atoms with Crippen molar-refractivity contribution in [3.05, 3.63) is 83.5 Å². The monoisotopic (exact) mass is 435 g/mol. The Labute approximate surface area is 195 Å². The fourth-order valence-corrected chi connectivity index (χ4v) is 5.11. The number of rotatable bonds is 1. The molecule has 2 aliphatic heterocycles. The topological polar surface area (TPSA) is 38.3 Å². The van der Waals surface area contributed by atoms with E-state index in [0.29, 0.717) is 0 Å². The molecule has 0 bridgehead atoms. The predicted molar refractivity (Wildman–Crippen MR) is 135 cm³/mol. The number of nitrogens with one attached hydrogen (secondary N) is 1. The number of ether oxygens (including phenoxy) is 1. The second-order valence-corrected chi connectivity index (χ2v) is 8.90. The van der Waals surface area contributed by atoms with Crippen LogP contribution in [0.15, 0.2) is 77.9 Å². The van der Waals surface area contributed by atoms with E-state index in [4.69, 9.17) is 4.74 Å². The lowest BCUT2D eigenvalue weighted by Crippen LogP contribution is -2.32. The summed E-state index contributed by atoms with van der Waals surface area (Å²) in [5.41, 5.74) is 2.28. The van der Waals surface area contributed by atoms with E-state index in [0.717, 1.165) is 67.3 Å². The van der Waals surface area contributed by atoms with Crippen LogP contribution in [-0.2, 0) is 9.53 Å². The summed E-state index contributed by atoms with van der Waals surface area (Å²) in [7, 11) is 0. The highest BCUT2D eigenvalue weighted by Crippen LogP contribution is 2.40. The first-order valence-electron chi connectivity index (χ1n) is 12.0. The molecule has 1 N–H and O–H groups in total. The largest absolute Gasteiger partial charge is 0.451 e. The minimum absolute atomic E-state index is 0.249. The van der Waals surface area contributed by atoms with Crippen LogP contribution in [0.5, 0.6) is 0 Å².